The van der Waals surface area contributed by atoms with Gasteiger partial charge in [0.15, 0.2) is 0 Å². The van der Waals surface area contributed by atoms with Crippen molar-refractivity contribution < 1.29 is 19.1 Å². The molecule has 1 saturated heterocycles. The number of carbonyl (C=O) groups is 3. The van der Waals surface area contributed by atoms with Gasteiger partial charge in [-0.25, -0.2) is 0 Å². The van der Waals surface area contributed by atoms with Gasteiger partial charge in [-0.2, -0.15) is 0 Å². The van der Waals surface area contributed by atoms with E-state index in [1.807, 2.05) is 17.5 Å². The number of likely N-dealkylation sites (tertiary alicyclic amines) is 1. The van der Waals surface area contributed by atoms with Gasteiger partial charge in [-0.15, -0.1) is 11.3 Å². The van der Waals surface area contributed by atoms with Crippen molar-refractivity contribution in [3.8, 4) is 5.75 Å². The van der Waals surface area contributed by atoms with E-state index in [-0.39, 0.29) is 30.2 Å². The Morgan fingerprint density at radius 1 is 1.17 bits per heavy atom. The predicted octanol–water partition coefficient (Wildman–Crippen LogP) is 2.71. The first-order valence-corrected chi connectivity index (χ1v) is 10.4. The van der Waals surface area contributed by atoms with E-state index in [4.69, 9.17) is 4.74 Å². The molecule has 8 heteroatoms. The van der Waals surface area contributed by atoms with Crippen LogP contribution in [0.5, 0.6) is 5.75 Å². The van der Waals surface area contributed by atoms with E-state index < -0.39 is 0 Å². The second-order valence-corrected chi connectivity index (χ2v) is 7.96. The lowest BCUT2D eigenvalue weighted by Crippen LogP contribution is -2.44. The van der Waals surface area contributed by atoms with Crippen LogP contribution in [0, 0.1) is 5.92 Å². The summed E-state index contributed by atoms with van der Waals surface area (Å²) in [6.45, 7) is 1.09. The highest BCUT2D eigenvalue weighted by atomic mass is 32.1. The number of benzene rings is 1. The van der Waals surface area contributed by atoms with Crippen molar-refractivity contribution in [2.45, 2.75) is 12.8 Å². The van der Waals surface area contributed by atoms with E-state index in [2.05, 4.69) is 5.32 Å². The van der Waals surface area contributed by atoms with Crippen molar-refractivity contribution in [3.63, 3.8) is 0 Å². The van der Waals surface area contributed by atoms with Crippen molar-refractivity contribution in [2.24, 2.45) is 5.92 Å². The zero-order valence-corrected chi connectivity index (χ0v) is 17.4. The number of piperidine rings is 1. The number of hydrogen-bond acceptors (Lipinski definition) is 5. The fourth-order valence-corrected chi connectivity index (χ4v) is 4.06. The molecule has 1 aromatic heterocycles. The van der Waals surface area contributed by atoms with E-state index in [9.17, 15) is 14.4 Å². The summed E-state index contributed by atoms with van der Waals surface area (Å²) in [7, 11) is 3.22. The summed E-state index contributed by atoms with van der Waals surface area (Å²) in [5, 5.41) is 4.66. The molecule has 3 amide bonds. The number of thiophene rings is 1. The lowest BCUT2D eigenvalue weighted by Gasteiger charge is -2.32. The van der Waals surface area contributed by atoms with Crippen molar-refractivity contribution in [3.05, 3.63) is 46.7 Å². The Hall–Kier alpha value is -2.87. The number of anilines is 1. The van der Waals surface area contributed by atoms with Gasteiger partial charge in [0.05, 0.1) is 18.5 Å². The molecule has 0 bridgehead atoms. The van der Waals surface area contributed by atoms with E-state index in [1.165, 1.54) is 16.2 Å². The number of rotatable bonds is 6. The highest BCUT2D eigenvalue weighted by Crippen LogP contribution is 2.22. The number of hydrogen-bond donors (Lipinski definition) is 1. The minimum Gasteiger partial charge on any atom is -0.497 e. The number of amides is 3. The molecule has 2 heterocycles. The van der Waals surface area contributed by atoms with Gasteiger partial charge in [0.2, 0.25) is 11.8 Å². The SMILES string of the molecule is COc1ccc(NC(=O)CN(C)C(=O)C2CCN(C(=O)c3cccs3)CC2)cc1. The molecule has 29 heavy (non-hydrogen) atoms. The maximum atomic E-state index is 12.7. The molecule has 0 saturated carbocycles. The van der Waals surface area contributed by atoms with Gasteiger partial charge in [-0.3, -0.25) is 14.4 Å². The van der Waals surface area contributed by atoms with Crippen LogP contribution in [0.25, 0.3) is 0 Å². The summed E-state index contributed by atoms with van der Waals surface area (Å²) in [5.41, 5.74) is 0.650. The Labute approximate surface area is 174 Å². The van der Waals surface area contributed by atoms with Crippen LogP contribution in [0.1, 0.15) is 22.5 Å². The third-order valence-corrected chi connectivity index (χ3v) is 5.85. The molecule has 0 spiro atoms. The third kappa shape index (κ3) is 5.35. The van der Waals surface area contributed by atoms with E-state index in [0.29, 0.717) is 37.4 Å². The number of carbonyl (C=O) groups excluding carboxylic acids is 3. The zero-order valence-electron chi connectivity index (χ0n) is 16.6. The normalized spacial score (nSPS) is 14.3. The average Bonchev–Trinajstić information content (AvgIpc) is 3.28. The lowest BCUT2D eigenvalue weighted by molar-refractivity contribution is -0.138. The Morgan fingerprint density at radius 2 is 1.86 bits per heavy atom. The van der Waals surface area contributed by atoms with Crippen molar-refractivity contribution in [1.29, 1.82) is 0 Å². The van der Waals surface area contributed by atoms with Crippen LogP contribution in [0.2, 0.25) is 0 Å². The molecule has 1 aromatic carbocycles. The summed E-state index contributed by atoms with van der Waals surface area (Å²) in [4.78, 5) is 41.3. The van der Waals surface area contributed by atoms with Gasteiger partial charge in [-0.05, 0) is 48.6 Å². The number of nitrogens with zero attached hydrogens (tertiary/aromatic N) is 2. The molecule has 1 N–H and O–H groups in total. The first kappa shape index (κ1) is 20.9. The van der Waals surface area contributed by atoms with Crippen molar-refractivity contribution in [2.75, 3.05) is 39.1 Å². The molecular formula is C21H25N3O4S. The van der Waals surface area contributed by atoms with Crippen LogP contribution in [-0.2, 0) is 9.59 Å². The molecule has 0 unspecified atom stereocenters. The number of methoxy groups -OCH3 is 1. The summed E-state index contributed by atoms with van der Waals surface area (Å²) < 4.78 is 5.09. The highest BCUT2D eigenvalue weighted by Gasteiger charge is 2.30. The molecule has 154 valence electrons. The fraction of sp³-hybridized carbons (Fsp3) is 0.381. The van der Waals surface area contributed by atoms with Crippen LogP contribution >= 0.6 is 11.3 Å². The van der Waals surface area contributed by atoms with E-state index >= 15 is 0 Å². The number of ether oxygens (including phenoxy) is 1. The second kappa shape index (κ2) is 9.56. The van der Waals surface area contributed by atoms with E-state index in [0.717, 1.165) is 4.88 Å². The standard InChI is InChI=1S/C21H25N3O4S/c1-23(14-19(25)22-16-5-7-17(28-2)8-6-16)20(26)15-9-11-24(12-10-15)21(27)18-4-3-13-29-18/h3-8,13,15H,9-12,14H2,1-2H3,(H,22,25). The molecule has 1 aliphatic rings. The molecular weight excluding hydrogens is 390 g/mol. The third-order valence-electron chi connectivity index (χ3n) is 4.99. The quantitative estimate of drug-likeness (QED) is 0.787. The van der Waals surface area contributed by atoms with Gasteiger partial charge in [-0.1, -0.05) is 6.07 Å². The van der Waals surface area contributed by atoms with Crippen LogP contribution < -0.4 is 10.1 Å². The Morgan fingerprint density at radius 3 is 2.45 bits per heavy atom. The van der Waals surface area contributed by atoms with Crippen molar-refractivity contribution >= 4 is 34.7 Å². The van der Waals surface area contributed by atoms with Crippen LogP contribution in [-0.4, -0.2) is 61.3 Å². The number of likely N-dealkylation sites (N-methyl/N-ethyl adjacent to an activating group) is 1. The van der Waals surface area contributed by atoms with Gasteiger partial charge in [0.1, 0.15) is 5.75 Å². The molecule has 1 fully saturated rings. The molecule has 0 radical (unpaired) electrons. The topological polar surface area (TPSA) is 79.0 Å². The van der Waals surface area contributed by atoms with Gasteiger partial charge < -0.3 is 19.9 Å². The Bertz CT molecular complexity index is 843. The first-order valence-electron chi connectivity index (χ1n) is 9.49. The summed E-state index contributed by atoms with van der Waals surface area (Å²) in [5.74, 6) is 0.257. The Balaban J connectivity index is 1.46. The summed E-state index contributed by atoms with van der Waals surface area (Å²) >= 11 is 1.43. The minimum absolute atomic E-state index is 0.0147. The molecule has 3 rings (SSSR count). The minimum atomic E-state index is -0.253. The largest absolute Gasteiger partial charge is 0.497 e. The first-order chi connectivity index (χ1) is 14.0. The fourth-order valence-electron chi connectivity index (χ4n) is 3.37. The molecule has 1 aliphatic heterocycles. The molecule has 2 aromatic rings. The monoisotopic (exact) mass is 415 g/mol. The Kier molecular flexibility index (Phi) is 6.87. The average molecular weight is 416 g/mol. The molecule has 7 nitrogen and oxygen atoms in total. The lowest BCUT2D eigenvalue weighted by atomic mass is 9.95. The maximum absolute atomic E-state index is 12.7. The second-order valence-electron chi connectivity index (χ2n) is 7.01. The smallest absolute Gasteiger partial charge is 0.263 e. The summed E-state index contributed by atoms with van der Waals surface area (Å²) in [6, 6.07) is 10.7. The molecule has 0 atom stereocenters. The van der Waals surface area contributed by atoms with Gasteiger partial charge in [0.25, 0.3) is 5.91 Å². The van der Waals surface area contributed by atoms with E-state index in [1.54, 1.807) is 43.3 Å². The number of nitrogens with one attached hydrogen (secondary N) is 1. The molecule has 0 aliphatic carbocycles. The highest BCUT2D eigenvalue weighted by molar-refractivity contribution is 7.12. The van der Waals surface area contributed by atoms with Crippen LogP contribution in [0.3, 0.4) is 0 Å². The van der Waals surface area contributed by atoms with Crippen LogP contribution in [0.4, 0.5) is 5.69 Å². The van der Waals surface area contributed by atoms with Crippen molar-refractivity contribution in [1.82, 2.24) is 9.80 Å². The van der Waals surface area contributed by atoms with Gasteiger partial charge >= 0.3 is 0 Å². The maximum Gasteiger partial charge on any atom is 0.263 e. The predicted molar refractivity (Wildman–Crippen MR) is 112 cm³/mol. The summed E-state index contributed by atoms with van der Waals surface area (Å²) in [6.07, 6.45) is 1.22. The van der Waals surface area contributed by atoms with Gasteiger partial charge in [0, 0.05) is 31.7 Å². The zero-order chi connectivity index (χ0) is 20.8. The van der Waals surface area contributed by atoms with Crippen LogP contribution in [0.15, 0.2) is 41.8 Å².